The van der Waals surface area contributed by atoms with E-state index in [0.29, 0.717) is 26.2 Å². The SMILES string of the molecule is CCOC(=O)C[C@H]1C(=O)NCCN1C/C=C/c1ccccc1OC. The molecule has 2 rings (SSSR count). The van der Waals surface area contributed by atoms with Crippen LogP contribution in [-0.2, 0) is 14.3 Å². The first-order valence-corrected chi connectivity index (χ1v) is 8.12. The molecule has 0 spiro atoms. The van der Waals surface area contributed by atoms with Crippen molar-refractivity contribution in [2.75, 3.05) is 33.4 Å². The number of benzene rings is 1. The minimum absolute atomic E-state index is 0.0716. The molecule has 1 fully saturated rings. The quantitative estimate of drug-likeness (QED) is 0.766. The lowest BCUT2D eigenvalue weighted by molar-refractivity contribution is -0.147. The van der Waals surface area contributed by atoms with Crippen molar-refractivity contribution < 1.29 is 19.1 Å². The summed E-state index contributed by atoms with van der Waals surface area (Å²) in [5.74, 6) is 0.325. The number of rotatable bonds is 7. The topological polar surface area (TPSA) is 67.9 Å². The van der Waals surface area contributed by atoms with Gasteiger partial charge in [0.25, 0.3) is 0 Å². The number of carbonyl (C=O) groups is 2. The number of hydrogen-bond donors (Lipinski definition) is 1. The molecule has 1 aliphatic heterocycles. The van der Waals surface area contributed by atoms with Gasteiger partial charge in [-0.25, -0.2) is 0 Å². The summed E-state index contributed by atoms with van der Waals surface area (Å²) in [4.78, 5) is 25.8. The molecule has 6 heteroatoms. The average molecular weight is 332 g/mol. The fraction of sp³-hybridized carbons (Fsp3) is 0.444. The molecule has 0 aromatic heterocycles. The Labute approximate surface area is 142 Å². The van der Waals surface area contributed by atoms with E-state index >= 15 is 0 Å². The number of piperazine rings is 1. The molecule has 0 unspecified atom stereocenters. The Hall–Kier alpha value is -2.34. The van der Waals surface area contributed by atoms with Crippen molar-refractivity contribution in [2.24, 2.45) is 0 Å². The highest BCUT2D eigenvalue weighted by Crippen LogP contribution is 2.19. The fourth-order valence-corrected chi connectivity index (χ4v) is 2.70. The second-order valence-corrected chi connectivity index (χ2v) is 5.46. The zero-order chi connectivity index (χ0) is 17.4. The van der Waals surface area contributed by atoms with E-state index in [2.05, 4.69) is 5.32 Å². The van der Waals surface area contributed by atoms with Gasteiger partial charge in [-0.15, -0.1) is 0 Å². The van der Waals surface area contributed by atoms with Crippen molar-refractivity contribution >= 4 is 18.0 Å². The van der Waals surface area contributed by atoms with E-state index in [9.17, 15) is 9.59 Å². The molecule has 1 N–H and O–H groups in total. The molecule has 1 amide bonds. The molecule has 1 aromatic rings. The van der Waals surface area contributed by atoms with Gasteiger partial charge in [0.1, 0.15) is 5.75 Å². The lowest BCUT2D eigenvalue weighted by Crippen LogP contribution is -2.55. The number of ether oxygens (including phenoxy) is 2. The van der Waals surface area contributed by atoms with Crippen molar-refractivity contribution in [3.63, 3.8) is 0 Å². The van der Waals surface area contributed by atoms with Gasteiger partial charge in [-0.2, -0.15) is 0 Å². The van der Waals surface area contributed by atoms with Gasteiger partial charge in [0, 0.05) is 25.2 Å². The maximum absolute atomic E-state index is 12.1. The first kappa shape index (κ1) is 18.0. The summed E-state index contributed by atoms with van der Waals surface area (Å²) in [7, 11) is 1.64. The molecular formula is C18H24N2O4. The van der Waals surface area contributed by atoms with E-state index in [4.69, 9.17) is 9.47 Å². The van der Waals surface area contributed by atoms with E-state index in [-0.39, 0.29) is 18.3 Å². The van der Waals surface area contributed by atoms with Crippen LogP contribution in [0.4, 0.5) is 0 Å². The van der Waals surface area contributed by atoms with Crippen molar-refractivity contribution in [3.05, 3.63) is 35.9 Å². The number of para-hydroxylation sites is 1. The van der Waals surface area contributed by atoms with Crippen LogP contribution in [0.2, 0.25) is 0 Å². The predicted molar refractivity (Wildman–Crippen MR) is 91.6 cm³/mol. The first-order chi connectivity index (χ1) is 11.7. The van der Waals surface area contributed by atoms with Crippen LogP contribution in [0.1, 0.15) is 18.9 Å². The number of methoxy groups -OCH3 is 1. The molecule has 1 heterocycles. The Morgan fingerprint density at radius 1 is 1.42 bits per heavy atom. The summed E-state index contributed by atoms with van der Waals surface area (Å²) in [6.07, 6.45) is 4.02. The third-order valence-corrected chi connectivity index (χ3v) is 3.88. The molecule has 6 nitrogen and oxygen atoms in total. The van der Waals surface area contributed by atoms with Gasteiger partial charge in [-0.05, 0) is 13.0 Å². The molecule has 1 atom stereocenters. The van der Waals surface area contributed by atoms with Gasteiger partial charge >= 0.3 is 5.97 Å². The molecule has 1 aliphatic rings. The Bertz CT molecular complexity index is 600. The number of hydrogen-bond acceptors (Lipinski definition) is 5. The predicted octanol–water partition coefficient (Wildman–Crippen LogP) is 1.46. The fourth-order valence-electron chi connectivity index (χ4n) is 2.70. The molecule has 1 saturated heterocycles. The molecule has 130 valence electrons. The molecule has 0 aliphatic carbocycles. The second kappa shape index (κ2) is 9.08. The van der Waals surface area contributed by atoms with Crippen LogP contribution in [0, 0.1) is 0 Å². The number of carbonyl (C=O) groups excluding carboxylic acids is 2. The molecule has 1 aromatic carbocycles. The van der Waals surface area contributed by atoms with Crippen molar-refractivity contribution in [1.82, 2.24) is 10.2 Å². The van der Waals surface area contributed by atoms with Gasteiger partial charge in [0.2, 0.25) is 5.91 Å². The lowest BCUT2D eigenvalue weighted by Gasteiger charge is -2.33. The second-order valence-electron chi connectivity index (χ2n) is 5.46. The van der Waals surface area contributed by atoms with Crippen molar-refractivity contribution in [2.45, 2.75) is 19.4 Å². The third kappa shape index (κ3) is 4.83. The number of nitrogens with zero attached hydrogens (tertiary/aromatic N) is 1. The standard InChI is InChI=1S/C18H24N2O4/c1-3-24-17(21)13-15-18(22)19-10-12-20(15)11-6-8-14-7-4-5-9-16(14)23-2/h4-9,15H,3,10-13H2,1-2H3,(H,19,22)/b8-6+/t15-/m0/s1. The van der Waals surface area contributed by atoms with Gasteiger partial charge in [-0.3, -0.25) is 14.5 Å². The zero-order valence-electron chi connectivity index (χ0n) is 14.2. The highest BCUT2D eigenvalue weighted by molar-refractivity contribution is 5.87. The minimum atomic E-state index is -0.486. The first-order valence-electron chi connectivity index (χ1n) is 8.12. The van der Waals surface area contributed by atoms with Crippen molar-refractivity contribution in [3.8, 4) is 5.75 Å². The summed E-state index contributed by atoms with van der Waals surface area (Å²) < 4.78 is 10.3. The van der Waals surface area contributed by atoms with Crippen LogP contribution < -0.4 is 10.1 Å². The minimum Gasteiger partial charge on any atom is -0.496 e. The third-order valence-electron chi connectivity index (χ3n) is 3.88. The van der Waals surface area contributed by atoms with E-state index in [1.807, 2.05) is 41.3 Å². The van der Waals surface area contributed by atoms with Gasteiger partial charge in [0.15, 0.2) is 0 Å². The smallest absolute Gasteiger partial charge is 0.307 e. The van der Waals surface area contributed by atoms with E-state index < -0.39 is 6.04 Å². The number of amides is 1. The highest BCUT2D eigenvalue weighted by atomic mass is 16.5. The highest BCUT2D eigenvalue weighted by Gasteiger charge is 2.31. The Balaban J connectivity index is 2.01. The average Bonchev–Trinajstić information content (AvgIpc) is 2.58. The Morgan fingerprint density at radius 2 is 2.21 bits per heavy atom. The number of esters is 1. The summed E-state index contributed by atoms with van der Waals surface area (Å²) in [5, 5.41) is 2.80. The summed E-state index contributed by atoms with van der Waals surface area (Å²) in [6, 6.07) is 7.24. The molecule has 0 bridgehead atoms. The summed E-state index contributed by atoms with van der Waals surface area (Å²) in [6.45, 7) is 3.94. The van der Waals surface area contributed by atoms with Gasteiger partial charge < -0.3 is 14.8 Å². The van der Waals surface area contributed by atoms with E-state index in [1.165, 1.54) is 0 Å². The maximum Gasteiger partial charge on any atom is 0.307 e. The van der Waals surface area contributed by atoms with Crippen LogP contribution in [0.15, 0.2) is 30.3 Å². The number of nitrogens with one attached hydrogen (secondary N) is 1. The molecule has 0 radical (unpaired) electrons. The van der Waals surface area contributed by atoms with Crippen LogP contribution in [-0.4, -0.2) is 56.2 Å². The van der Waals surface area contributed by atoms with Gasteiger partial charge in [0.05, 0.1) is 26.2 Å². The lowest BCUT2D eigenvalue weighted by atomic mass is 10.1. The van der Waals surface area contributed by atoms with Gasteiger partial charge in [-0.1, -0.05) is 30.4 Å². The normalized spacial score (nSPS) is 18.4. The summed E-state index contributed by atoms with van der Waals surface area (Å²) in [5.41, 5.74) is 0.975. The maximum atomic E-state index is 12.1. The molecule has 24 heavy (non-hydrogen) atoms. The zero-order valence-corrected chi connectivity index (χ0v) is 14.2. The summed E-state index contributed by atoms with van der Waals surface area (Å²) >= 11 is 0. The van der Waals surface area contributed by atoms with Crippen LogP contribution in [0.5, 0.6) is 5.75 Å². The van der Waals surface area contributed by atoms with E-state index in [1.54, 1.807) is 14.0 Å². The molecule has 0 saturated carbocycles. The Kier molecular flexibility index (Phi) is 6.81. The largest absolute Gasteiger partial charge is 0.496 e. The Morgan fingerprint density at radius 3 is 2.96 bits per heavy atom. The monoisotopic (exact) mass is 332 g/mol. The van der Waals surface area contributed by atoms with E-state index in [0.717, 1.165) is 11.3 Å². The van der Waals surface area contributed by atoms with Crippen LogP contribution in [0.25, 0.3) is 6.08 Å². The molecular weight excluding hydrogens is 308 g/mol. The van der Waals surface area contributed by atoms with Crippen molar-refractivity contribution in [1.29, 1.82) is 0 Å². The van der Waals surface area contributed by atoms with Crippen LogP contribution in [0.3, 0.4) is 0 Å². The van der Waals surface area contributed by atoms with Crippen LogP contribution >= 0.6 is 0 Å².